The lowest BCUT2D eigenvalue weighted by Crippen LogP contribution is -2.15. The normalized spacial score (nSPS) is 12.1. The molecule has 0 aliphatic carbocycles. The van der Waals surface area contributed by atoms with Crippen LogP contribution in [0.2, 0.25) is 0 Å². The monoisotopic (exact) mass is 438 g/mol. The highest BCUT2D eigenvalue weighted by Gasteiger charge is 2.18. The van der Waals surface area contributed by atoms with Gasteiger partial charge in [-0.3, -0.25) is 4.79 Å². The number of hydrogen-bond donors (Lipinski definition) is 1. The van der Waals surface area contributed by atoms with Gasteiger partial charge in [-0.2, -0.15) is 0 Å². The molecule has 1 amide bonds. The lowest BCUT2D eigenvalue weighted by Gasteiger charge is -2.15. The van der Waals surface area contributed by atoms with E-state index < -0.39 is 0 Å². The predicted molar refractivity (Wildman–Crippen MR) is 126 cm³/mol. The topological polar surface area (TPSA) is 69.0 Å². The summed E-state index contributed by atoms with van der Waals surface area (Å²) in [5.41, 5.74) is 3.31. The van der Waals surface area contributed by atoms with E-state index in [0.29, 0.717) is 16.9 Å². The fourth-order valence-electron chi connectivity index (χ4n) is 3.14. The second kappa shape index (κ2) is 10.5. The van der Waals surface area contributed by atoms with E-state index >= 15 is 0 Å². The molecule has 3 aromatic rings. The number of carbonyl (C=O) groups is 1. The molecule has 0 radical (unpaired) electrons. The van der Waals surface area contributed by atoms with Crippen LogP contribution in [0.1, 0.15) is 56.7 Å². The average Bonchev–Trinajstić information content (AvgIpc) is 3.13. The Bertz CT molecular complexity index is 997. The van der Waals surface area contributed by atoms with Crippen LogP contribution >= 0.6 is 11.8 Å². The Morgan fingerprint density at radius 1 is 1.06 bits per heavy atom. The van der Waals surface area contributed by atoms with Crippen molar-refractivity contribution in [3.05, 3.63) is 65.5 Å². The maximum Gasteiger partial charge on any atom is 0.234 e. The summed E-state index contributed by atoms with van der Waals surface area (Å²) in [5, 5.41) is 12.1. The van der Waals surface area contributed by atoms with Crippen LogP contribution in [0.15, 0.2) is 53.7 Å². The molecule has 31 heavy (non-hydrogen) atoms. The molecule has 1 heterocycles. The summed E-state index contributed by atoms with van der Waals surface area (Å²) in [5.74, 6) is 2.17. The molecule has 7 heteroatoms. The van der Waals surface area contributed by atoms with Gasteiger partial charge in [-0.05, 0) is 54.7 Å². The van der Waals surface area contributed by atoms with Crippen molar-refractivity contribution in [3.63, 3.8) is 0 Å². The Kier molecular flexibility index (Phi) is 7.74. The third kappa shape index (κ3) is 6.10. The number of nitrogens with zero attached hydrogens (tertiary/aromatic N) is 3. The van der Waals surface area contributed by atoms with Crippen molar-refractivity contribution >= 4 is 23.4 Å². The predicted octanol–water partition coefficient (Wildman–Crippen LogP) is 5.37. The van der Waals surface area contributed by atoms with Crippen molar-refractivity contribution in [3.8, 4) is 5.75 Å². The van der Waals surface area contributed by atoms with E-state index in [-0.39, 0.29) is 17.8 Å². The van der Waals surface area contributed by atoms with Gasteiger partial charge in [0, 0.05) is 12.7 Å². The lowest BCUT2D eigenvalue weighted by molar-refractivity contribution is -0.113. The summed E-state index contributed by atoms with van der Waals surface area (Å²) in [6.07, 6.45) is 0.715. The van der Waals surface area contributed by atoms with E-state index in [1.807, 2.05) is 54.9 Å². The van der Waals surface area contributed by atoms with E-state index in [4.69, 9.17) is 4.74 Å². The minimum Gasteiger partial charge on any atom is -0.483 e. The molecule has 1 atom stereocenters. The first-order valence-electron chi connectivity index (χ1n) is 10.5. The molecule has 0 aliphatic rings. The van der Waals surface area contributed by atoms with Crippen molar-refractivity contribution in [1.82, 2.24) is 14.8 Å². The molecule has 0 saturated heterocycles. The minimum atomic E-state index is -0.261. The second-order valence-corrected chi connectivity index (χ2v) is 8.71. The van der Waals surface area contributed by atoms with Crippen LogP contribution in [0, 0.1) is 0 Å². The number of rotatable bonds is 9. The summed E-state index contributed by atoms with van der Waals surface area (Å²) in [4.78, 5) is 12.3. The summed E-state index contributed by atoms with van der Waals surface area (Å²) >= 11 is 1.35. The van der Waals surface area contributed by atoms with Crippen LogP contribution in [0.3, 0.4) is 0 Å². The molecule has 0 bridgehead atoms. The molecule has 0 fully saturated rings. The highest BCUT2D eigenvalue weighted by molar-refractivity contribution is 7.99. The second-order valence-electron chi connectivity index (χ2n) is 7.77. The number of amides is 1. The largest absolute Gasteiger partial charge is 0.483 e. The SMILES string of the molecule is CCc1ccc(NC(=O)CSc2nnc(C(C)Oc3ccc(C(C)C)cc3)n2C)cc1. The fraction of sp³-hybridized carbons (Fsp3) is 0.375. The quantitative estimate of drug-likeness (QED) is 0.455. The molecular formula is C24H30N4O2S. The number of aromatic nitrogens is 3. The smallest absolute Gasteiger partial charge is 0.234 e. The molecule has 2 aromatic carbocycles. The maximum absolute atomic E-state index is 12.3. The van der Waals surface area contributed by atoms with E-state index in [2.05, 4.69) is 48.4 Å². The Morgan fingerprint density at radius 2 is 1.74 bits per heavy atom. The lowest BCUT2D eigenvalue weighted by atomic mass is 10.0. The van der Waals surface area contributed by atoms with Gasteiger partial charge in [-0.15, -0.1) is 10.2 Å². The van der Waals surface area contributed by atoms with Crippen molar-refractivity contribution in [2.75, 3.05) is 11.1 Å². The van der Waals surface area contributed by atoms with Gasteiger partial charge in [0.15, 0.2) is 17.1 Å². The zero-order valence-corrected chi connectivity index (χ0v) is 19.6. The van der Waals surface area contributed by atoms with Gasteiger partial charge in [-0.1, -0.05) is 56.8 Å². The Labute approximate surface area is 188 Å². The fourth-order valence-corrected chi connectivity index (χ4v) is 3.86. The molecule has 0 spiro atoms. The van der Waals surface area contributed by atoms with Gasteiger partial charge >= 0.3 is 0 Å². The number of anilines is 1. The highest BCUT2D eigenvalue weighted by atomic mass is 32.2. The Morgan fingerprint density at radius 3 is 2.35 bits per heavy atom. The third-order valence-corrected chi connectivity index (χ3v) is 6.09. The number of benzene rings is 2. The van der Waals surface area contributed by atoms with E-state index in [9.17, 15) is 4.79 Å². The molecule has 3 rings (SSSR count). The first-order chi connectivity index (χ1) is 14.9. The Balaban J connectivity index is 1.55. The van der Waals surface area contributed by atoms with Crippen LogP contribution in [-0.4, -0.2) is 26.4 Å². The summed E-state index contributed by atoms with van der Waals surface area (Å²) in [6, 6.07) is 16.0. The number of hydrogen-bond acceptors (Lipinski definition) is 5. The van der Waals surface area contributed by atoms with Gasteiger partial charge in [0.2, 0.25) is 5.91 Å². The highest BCUT2D eigenvalue weighted by Crippen LogP contribution is 2.25. The van der Waals surface area contributed by atoms with Gasteiger partial charge < -0.3 is 14.6 Å². The van der Waals surface area contributed by atoms with Crippen LogP contribution in [0.25, 0.3) is 0 Å². The van der Waals surface area contributed by atoms with Crippen LogP contribution in [0.4, 0.5) is 5.69 Å². The molecule has 1 unspecified atom stereocenters. The molecule has 0 aliphatic heterocycles. The maximum atomic E-state index is 12.3. The number of nitrogens with one attached hydrogen (secondary N) is 1. The van der Waals surface area contributed by atoms with Crippen molar-refractivity contribution in [2.24, 2.45) is 7.05 Å². The Hall–Kier alpha value is -2.80. The van der Waals surface area contributed by atoms with E-state index in [1.54, 1.807) is 0 Å². The number of ether oxygens (including phenoxy) is 1. The van der Waals surface area contributed by atoms with Gasteiger partial charge in [0.05, 0.1) is 5.75 Å². The third-order valence-electron chi connectivity index (χ3n) is 5.07. The molecule has 6 nitrogen and oxygen atoms in total. The first kappa shape index (κ1) is 22.9. The number of carbonyl (C=O) groups excluding carboxylic acids is 1. The van der Waals surface area contributed by atoms with Gasteiger partial charge in [0.1, 0.15) is 5.75 Å². The van der Waals surface area contributed by atoms with Crippen molar-refractivity contribution in [2.45, 2.75) is 51.3 Å². The number of aryl methyl sites for hydroxylation is 1. The van der Waals surface area contributed by atoms with Gasteiger partial charge in [-0.25, -0.2) is 0 Å². The molecule has 1 aromatic heterocycles. The van der Waals surface area contributed by atoms with Crippen molar-refractivity contribution < 1.29 is 9.53 Å². The van der Waals surface area contributed by atoms with Crippen LogP contribution < -0.4 is 10.1 Å². The van der Waals surface area contributed by atoms with Crippen molar-refractivity contribution in [1.29, 1.82) is 0 Å². The average molecular weight is 439 g/mol. The molecule has 0 saturated carbocycles. The first-order valence-corrected chi connectivity index (χ1v) is 11.5. The standard InChI is InChI=1S/C24H30N4O2S/c1-6-18-7-11-20(12-8-18)25-22(29)15-31-24-27-26-23(28(24)5)17(4)30-21-13-9-19(10-14-21)16(2)3/h7-14,16-17H,6,15H2,1-5H3,(H,25,29). The van der Waals surface area contributed by atoms with Gasteiger partial charge in [0.25, 0.3) is 0 Å². The zero-order chi connectivity index (χ0) is 22.4. The zero-order valence-electron chi connectivity index (χ0n) is 18.8. The van der Waals surface area contributed by atoms with E-state index in [1.165, 1.54) is 22.9 Å². The van der Waals surface area contributed by atoms with Crippen LogP contribution in [-0.2, 0) is 18.3 Å². The summed E-state index contributed by atoms with van der Waals surface area (Å²) < 4.78 is 7.92. The molecule has 164 valence electrons. The number of thioether (sulfide) groups is 1. The minimum absolute atomic E-state index is 0.0756. The van der Waals surface area contributed by atoms with Crippen LogP contribution in [0.5, 0.6) is 5.75 Å². The summed E-state index contributed by atoms with van der Waals surface area (Å²) in [6.45, 7) is 8.38. The summed E-state index contributed by atoms with van der Waals surface area (Å²) in [7, 11) is 1.89. The molecule has 1 N–H and O–H groups in total. The van der Waals surface area contributed by atoms with E-state index in [0.717, 1.165) is 17.9 Å². The molecular weight excluding hydrogens is 408 g/mol.